The van der Waals surface area contributed by atoms with E-state index < -0.39 is 0 Å². The van der Waals surface area contributed by atoms with Gasteiger partial charge in [0.1, 0.15) is 0 Å². The Morgan fingerprint density at radius 2 is 1.86 bits per heavy atom. The summed E-state index contributed by atoms with van der Waals surface area (Å²) >= 11 is 0. The molecule has 82 valence electrons. The molecule has 0 atom stereocenters. The van der Waals surface area contributed by atoms with E-state index in [9.17, 15) is 4.79 Å². The van der Waals surface area contributed by atoms with Crippen molar-refractivity contribution in [3.63, 3.8) is 0 Å². The highest BCUT2D eigenvalue weighted by molar-refractivity contribution is 5.71. The van der Waals surface area contributed by atoms with Gasteiger partial charge in [0, 0.05) is 0 Å². The second-order valence-corrected chi connectivity index (χ2v) is 3.39. The van der Waals surface area contributed by atoms with Gasteiger partial charge in [-0.25, -0.2) is 0 Å². The number of carbonyl (C=O) groups excluding carboxylic acids is 1. The zero-order valence-electron chi connectivity index (χ0n) is 9.42. The molecule has 0 bridgehead atoms. The molecule has 0 aromatic carbocycles. The van der Waals surface area contributed by atoms with Crippen LogP contribution in [0.4, 0.5) is 0 Å². The molecular weight excluding hydrogens is 176 g/mol. The van der Waals surface area contributed by atoms with Gasteiger partial charge < -0.3 is 4.74 Å². The number of ether oxygens (including phenoxy) is 1. The molecule has 0 aliphatic heterocycles. The Kier molecular flexibility index (Phi) is 9.71. The summed E-state index contributed by atoms with van der Waals surface area (Å²) in [5.41, 5.74) is 0. The average molecular weight is 198 g/mol. The Balaban J connectivity index is 3.29. The van der Waals surface area contributed by atoms with Crippen LogP contribution in [0.3, 0.4) is 0 Å². The van der Waals surface area contributed by atoms with E-state index in [2.05, 4.69) is 19.9 Å². The maximum Gasteiger partial charge on any atom is 0.309 e. The Morgan fingerprint density at radius 1 is 1.14 bits per heavy atom. The van der Waals surface area contributed by atoms with E-state index in [1.54, 1.807) is 0 Å². The fourth-order valence-electron chi connectivity index (χ4n) is 1.01. The monoisotopic (exact) mass is 198 g/mol. The molecule has 0 aliphatic carbocycles. The third-order valence-electron chi connectivity index (χ3n) is 1.94. The van der Waals surface area contributed by atoms with Crippen LogP contribution >= 0.6 is 0 Å². The van der Waals surface area contributed by atoms with E-state index in [4.69, 9.17) is 4.74 Å². The fraction of sp³-hybridized carbons (Fsp3) is 0.750. The van der Waals surface area contributed by atoms with E-state index in [0.717, 1.165) is 19.3 Å². The lowest BCUT2D eigenvalue weighted by Gasteiger charge is -2.00. The molecule has 0 rings (SSSR count). The Hall–Kier alpha value is -0.790. The van der Waals surface area contributed by atoms with Gasteiger partial charge in [0.05, 0.1) is 13.0 Å². The van der Waals surface area contributed by atoms with E-state index in [1.807, 2.05) is 6.08 Å². The summed E-state index contributed by atoms with van der Waals surface area (Å²) in [7, 11) is 0. The summed E-state index contributed by atoms with van der Waals surface area (Å²) in [6, 6.07) is 0. The van der Waals surface area contributed by atoms with Crippen LogP contribution in [-0.4, -0.2) is 12.6 Å². The second kappa shape index (κ2) is 10.3. The van der Waals surface area contributed by atoms with Gasteiger partial charge in [-0.15, -0.1) is 0 Å². The number of carbonyl (C=O) groups is 1. The smallest absolute Gasteiger partial charge is 0.309 e. The van der Waals surface area contributed by atoms with Crippen molar-refractivity contribution in [2.75, 3.05) is 6.61 Å². The molecule has 0 fully saturated rings. The summed E-state index contributed by atoms with van der Waals surface area (Å²) in [5, 5.41) is 0. The molecule has 0 aromatic rings. The predicted molar refractivity (Wildman–Crippen MR) is 59.1 cm³/mol. The van der Waals surface area contributed by atoms with Crippen molar-refractivity contribution in [1.29, 1.82) is 0 Å². The molecular formula is C12H22O2. The first kappa shape index (κ1) is 13.2. The molecule has 0 aliphatic rings. The fourth-order valence-corrected chi connectivity index (χ4v) is 1.01. The van der Waals surface area contributed by atoms with Crippen molar-refractivity contribution in [1.82, 2.24) is 0 Å². The molecule has 14 heavy (non-hydrogen) atoms. The molecule has 0 heterocycles. The average Bonchev–Trinajstić information content (AvgIpc) is 2.18. The summed E-state index contributed by atoms with van der Waals surface area (Å²) in [4.78, 5) is 11.1. The van der Waals surface area contributed by atoms with Crippen LogP contribution < -0.4 is 0 Å². The van der Waals surface area contributed by atoms with E-state index in [-0.39, 0.29) is 5.97 Å². The topological polar surface area (TPSA) is 26.3 Å². The molecule has 0 aromatic heterocycles. The van der Waals surface area contributed by atoms with Crippen LogP contribution in [-0.2, 0) is 9.53 Å². The summed E-state index contributed by atoms with van der Waals surface area (Å²) in [5.74, 6) is -0.105. The first-order chi connectivity index (χ1) is 6.81. The minimum Gasteiger partial charge on any atom is -0.465 e. The maximum atomic E-state index is 11.1. The van der Waals surface area contributed by atoms with E-state index in [0.29, 0.717) is 13.0 Å². The quantitative estimate of drug-likeness (QED) is 0.339. The van der Waals surface area contributed by atoms with E-state index in [1.165, 1.54) is 12.8 Å². The van der Waals surface area contributed by atoms with Crippen molar-refractivity contribution >= 4 is 5.97 Å². The third kappa shape index (κ3) is 9.30. The molecule has 0 unspecified atom stereocenters. The number of allylic oxidation sites excluding steroid dienone is 1. The summed E-state index contributed by atoms with van der Waals surface area (Å²) in [6.45, 7) is 4.81. The van der Waals surface area contributed by atoms with Gasteiger partial charge in [-0.1, -0.05) is 45.3 Å². The number of rotatable bonds is 8. The van der Waals surface area contributed by atoms with Crippen LogP contribution in [0.2, 0.25) is 0 Å². The van der Waals surface area contributed by atoms with Crippen LogP contribution in [0.1, 0.15) is 52.4 Å². The van der Waals surface area contributed by atoms with Crippen molar-refractivity contribution in [3.05, 3.63) is 12.2 Å². The lowest BCUT2D eigenvalue weighted by Crippen LogP contribution is -2.03. The van der Waals surface area contributed by atoms with Crippen LogP contribution in [0.15, 0.2) is 12.2 Å². The largest absolute Gasteiger partial charge is 0.465 e. The van der Waals surface area contributed by atoms with Gasteiger partial charge in [0.2, 0.25) is 0 Å². The predicted octanol–water partition coefficient (Wildman–Crippen LogP) is 3.47. The minimum atomic E-state index is -0.105. The number of hydrogen-bond acceptors (Lipinski definition) is 2. The minimum absolute atomic E-state index is 0.105. The van der Waals surface area contributed by atoms with Crippen molar-refractivity contribution < 1.29 is 9.53 Å². The SMILES string of the molecule is CCCC/C=C\CC(=O)OCCCC. The molecule has 0 saturated heterocycles. The lowest BCUT2D eigenvalue weighted by molar-refractivity contribution is -0.142. The molecule has 0 amide bonds. The van der Waals surface area contributed by atoms with E-state index >= 15 is 0 Å². The first-order valence-corrected chi connectivity index (χ1v) is 5.61. The van der Waals surface area contributed by atoms with Crippen LogP contribution in [0.5, 0.6) is 0 Å². The Bertz CT molecular complexity index is 162. The Morgan fingerprint density at radius 3 is 2.50 bits per heavy atom. The van der Waals surface area contributed by atoms with Crippen molar-refractivity contribution in [3.8, 4) is 0 Å². The summed E-state index contributed by atoms with van der Waals surface area (Å²) in [6.07, 6.45) is 9.89. The zero-order chi connectivity index (χ0) is 10.6. The van der Waals surface area contributed by atoms with Gasteiger partial charge >= 0.3 is 5.97 Å². The zero-order valence-corrected chi connectivity index (χ0v) is 9.42. The highest BCUT2D eigenvalue weighted by Gasteiger charge is 1.97. The highest BCUT2D eigenvalue weighted by atomic mass is 16.5. The normalized spacial score (nSPS) is 10.7. The third-order valence-corrected chi connectivity index (χ3v) is 1.94. The van der Waals surface area contributed by atoms with Gasteiger partial charge in [0.25, 0.3) is 0 Å². The van der Waals surface area contributed by atoms with Gasteiger partial charge in [0.15, 0.2) is 0 Å². The summed E-state index contributed by atoms with van der Waals surface area (Å²) < 4.78 is 5.00. The first-order valence-electron chi connectivity index (χ1n) is 5.61. The number of unbranched alkanes of at least 4 members (excludes halogenated alkanes) is 3. The molecule has 0 spiro atoms. The molecule has 2 nitrogen and oxygen atoms in total. The molecule has 2 heteroatoms. The van der Waals surface area contributed by atoms with Crippen LogP contribution in [0.25, 0.3) is 0 Å². The van der Waals surface area contributed by atoms with Crippen molar-refractivity contribution in [2.24, 2.45) is 0 Å². The van der Waals surface area contributed by atoms with Crippen molar-refractivity contribution in [2.45, 2.75) is 52.4 Å². The van der Waals surface area contributed by atoms with Crippen LogP contribution in [0, 0.1) is 0 Å². The highest BCUT2D eigenvalue weighted by Crippen LogP contribution is 1.97. The molecule has 0 N–H and O–H groups in total. The lowest BCUT2D eigenvalue weighted by atomic mass is 10.2. The van der Waals surface area contributed by atoms with Gasteiger partial charge in [-0.3, -0.25) is 4.79 Å². The maximum absolute atomic E-state index is 11.1. The molecule has 0 radical (unpaired) electrons. The number of esters is 1. The Labute approximate surface area is 87.3 Å². The second-order valence-electron chi connectivity index (χ2n) is 3.39. The standard InChI is InChI=1S/C12H22O2/c1-3-5-7-8-9-10-12(13)14-11-6-4-2/h8-9H,3-7,10-11H2,1-2H3/b9-8-. The van der Waals surface area contributed by atoms with Gasteiger partial charge in [-0.2, -0.15) is 0 Å². The van der Waals surface area contributed by atoms with Gasteiger partial charge in [-0.05, 0) is 12.8 Å². The molecule has 0 saturated carbocycles. The number of hydrogen-bond donors (Lipinski definition) is 0.